The number of hydrogen-bond acceptors (Lipinski definition) is 5. The van der Waals surface area contributed by atoms with Gasteiger partial charge in [0.25, 0.3) is 0 Å². The Morgan fingerprint density at radius 3 is 2.74 bits per heavy atom. The van der Waals surface area contributed by atoms with Crippen LogP contribution in [0.3, 0.4) is 0 Å². The molecule has 7 nitrogen and oxygen atoms in total. The van der Waals surface area contributed by atoms with Crippen molar-refractivity contribution in [2.45, 2.75) is 64.7 Å². The summed E-state index contributed by atoms with van der Waals surface area (Å²) in [5, 5.41) is 16.5. The van der Waals surface area contributed by atoms with E-state index in [-0.39, 0.29) is 23.1 Å². The lowest BCUT2D eigenvalue weighted by atomic mass is 9.77. The average Bonchev–Trinajstić information content (AvgIpc) is 3.33. The number of ketones is 1. The van der Waals surface area contributed by atoms with E-state index in [1.54, 1.807) is 24.4 Å². The summed E-state index contributed by atoms with van der Waals surface area (Å²) in [6, 6.07) is 10.6. The quantitative estimate of drug-likeness (QED) is 0.296. The topological polar surface area (TPSA) is 109 Å². The molecule has 0 radical (unpaired) electrons. The lowest BCUT2D eigenvalue weighted by Gasteiger charge is -2.27. The maximum Gasteiger partial charge on any atom is 0.336 e. The number of pyridine rings is 1. The van der Waals surface area contributed by atoms with E-state index in [2.05, 4.69) is 27.1 Å². The fourth-order valence-corrected chi connectivity index (χ4v) is 4.92. The number of aromatic carboxylic acids is 1. The summed E-state index contributed by atoms with van der Waals surface area (Å²) in [4.78, 5) is 33.4. The molecule has 0 aliphatic heterocycles. The van der Waals surface area contributed by atoms with Gasteiger partial charge in [-0.2, -0.15) is 5.10 Å². The van der Waals surface area contributed by atoms with Gasteiger partial charge in [0.2, 0.25) is 11.6 Å². The number of nitrogens with zero attached hydrogens (tertiary/aromatic N) is 3. The van der Waals surface area contributed by atoms with Crippen molar-refractivity contribution in [1.82, 2.24) is 20.2 Å². The number of carbonyl (C=O) groups is 2. The summed E-state index contributed by atoms with van der Waals surface area (Å²) in [7, 11) is 0. The van der Waals surface area contributed by atoms with Crippen molar-refractivity contribution in [2.24, 2.45) is 11.8 Å². The van der Waals surface area contributed by atoms with Gasteiger partial charge in [0, 0.05) is 29.8 Å². The molecule has 1 saturated carbocycles. The Bertz CT molecular complexity index is 1120. The Labute approximate surface area is 200 Å². The van der Waals surface area contributed by atoms with Crippen LogP contribution in [-0.2, 0) is 6.42 Å². The first-order chi connectivity index (χ1) is 16.5. The molecule has 2 N–H and O–H groups in total. The van der Waals surface area contributed by atoms with E-state index < -0.39 is 5.97 Å². The first-order valence-electron chi connectivity index (χ1n) is 12.3. The van der Waals surface area contributed by atoms with Gasteiger partial charge < -0.3 is 5.11 Å². The van der Waals surface area contributed by atoms with Crippen LogP contribution in [0.4, 0.5) is 0 Å². The molecule has 1 aliphatic carbocycles. The second-order valence-corrected chi connectivity index (χ2v) is 9.26. The highest BCUT2D eigenvalue weighted by molar-refractivity contribution is 5.96. The van der Waals surface area contributed by atoms with Crippen LogP contribution in [0.5, 0.6) is 0 Å². The molecule has 178 valence electrons. The van der Waals surface area contributed by atoms with Gasteiger partial charge in [-0.05, 0) is 36.5 Å². The third-order valence-corrected chi connectivity index (χ3v) is 6.76. The van der Waals surface area contributed by atoms with Crippen molar-refractivity contribution in [2.75, 3.05) is 0 Å². The molecule has 1 aliphatic rings. The second kappa shape index (κ2) is 11.2. The van der Waals surface area contributed by atoms with Crippen LogP contribution < -0.4 is 0 Å². The van der Waals surface area contributed by atoms with Gasteiger partial charge in [-0.1, -0.05) is 69.7 Å². The number of carboxylic acids is 1. The molecular formula is C27H32N4O3. The number of H-pyrrole nitrogens is 1. The van der Waals surface area contributed by atoms with Crippen LogP contribution in [0, 0.1) is 11.8 Å². The molecule has 7 heteroatoms. The summed E-state index contributed by atoms with van der Waals surface area (Å²) in [6.07, 6.45) is 11.3. The minimum atomic E-state index is -0.969. The fraction of sp³-hybridized carbons (Fsp3) is 0.444. The number of aromatic nitrogens is 4. The van der Waals surface area contributed by atoms with Crippen LogP contribution in [0.15, 0.2) is 42.6 Å². The minimum absolute atomic E-state index is 0.0238. The monoisotopic (exact) mass is 460 g/mol. The van der Waals surface area contributed by atoms with Crippen LogP contribution in [-0.4, -0.2) is 37.0 Å². The minimum Gasteiger partial charge on any atom is -0.478 e. The van der Waals surface area contributed by atoms with Crippen molar-refractivity contribution >= 4 is 11.8 Å². The lowest BCUT2D eigenvalue weighted by Crippen LogP contribution is -2.24. The molecule has 2 unspecified atom stereocenters. The molecule has 1 aromatic carbocycles. The fourth-order valence-electron chi connectivity index (χ4n) is 4.92. The number of nitrogens with one attached hydrogen (secondary N) is 1. The van der Waals surface area contributed by atoms with Gasteiger partial charge in [0.1, 0.15) is 5.82 Å². The SMILES string of the molecule is CCCCCC1CCCC(C(=O)c2n[nH]c(Cc3ccc(-c4ccccc4C(=O)O)cn3)n2)C1. The van der Waals surface area contributed by atoms with Crippen LogP contribution >= 0.6 is 0 Å². The summed E-state index contributed by atoms with van der Waals surface area (Å²) < 4.78 is 0. The smallest absolute Gasteiger partial charge is 0.336 e. The van der Waals surface area contributed by atoms with Gasteiger partial charge in [-0.15, -0.1) is 0 Å². The first kappa shape index (κ1) is 23.8. The highest BCUT2D eigenvalue weighted by atomic mass is 16.4. The lowest BCUT2D eigenvalue weighted by molar-refractivity contribution is 0.0697. The highest BCUT2D eigenvalue weighted by Gasteiger charge is 2.29. The molecule has 2 aromatic heterocycles. The Morgan fingerprint density at radius 1 is 1.12 bits per heavy atom. The molecule has 0 amide bonds. The second-order valence-electron chi connectivity index (χ2n) is 9.26. The molecule has 0 saturated heterocycles. The molecule has 1 fully saturated rings. The molecule has 2 atom stereocenters. The average molecular weight is 461 g/mol. The zero-order valence-corrected chi connectivity index (χ0v) is 19.7. The van der Waals surface area contributed by atoms with Crippen LogP contribution in [0.1, 0.15) is 90.8 Å². The standard InChI is InChI=1S/C27H32N4O3/c1-2-3-4-8-18-9-7-10-19(15-18)25(32)26-29-24(30-31-26)16-21-14-13-20(17-28-21)22-11-5-6-12-23(22)27(33)34/h5-6,11-14,17-19H,2-4,7-10,15-16H2,1H3,(H,33,34)(H,29,30,31). The van der Waals surface area contributed by atoms with Gasteiger partial charge in [0.15, 0.2) is 0 Å². The summed E-state index contributed by atoms with van der Waals surface area (Å²) in [6.45, 7) is 2.22. The number of aromatic amines is 1. The van der Waals surface area contributed by atoms with E-state index in [1.165, 1.54) is 32.1 Å². The van der Waals surface area contributed by atoms with Gasteiger partial charge in [0.05, 0.1) is 5.56 Å². The number of carbonyl (C=O) groups excluding carboxylic acids is 1. The zero-order valence-electron chi connectivity index (χ0n) is 19.7. The molecule has 3 aromatic rings. The molecule has 2 heterocycles. The van der Waals surface area contributed by atoms with E-state index in [1.807, 2.05) is 18.2 Å². The molecule has 4 rings (SSSR count). The van der Waals surface area contributed by atoms with Crippen molar-refractivity contribution < 1.29 is 14.7 Å². The molecule has 0 bridgehead atoms. The van der Waals surface area contributed by atoms with E-state index in [0.29, 0.717) is 23.7 Å². The maximum absolute atomic E-state index is 13.0. The van der Waals surface area contributed by atoms with Crippen molar-refractivity contribution in [1.29, 1.82) is 0 Å². The Morgan fingerprint density at radius 2 is 1.97 bits per heavy atom. The third kappa shape index (κ3) is 5.76. The zero-order chi connectivity index (χ0) is 23.9. The van der Waals surface area contributed by atoms with Crippen molar-refractivity contribution in [3.05, 3.63) is 65.5 Å². The largest absolute Gasteiger partial charge is 0.478 e. The van der Waals surface area contributed by atoms with Crippen molar-refractivity contribution in [3.8, 4) is 11.1 Å². The van der Waals surface area contributed by atoms with Gasteiger partial charge in [-0.3, -0.25) is 14.9 Å². The van der Waals surface area contributed by atoms with Crippen molar-refractivity contribution in [3.63, 3.8) is 0 Å². The highest BCUT2D eigenvalue weighted by Crippen LogP contribution is 2.34. The Hall–Kier alpha value is -3.35. The first-order valence-corrected chi connectivity index (χ1v) is 12.3. The van der Waals surface area contributed by atoms with E-state index in [9.17, 15) is 14.7 Å². The normalized spacial score (nSPS) is 18.0. The van der Waals surface area contributed by atoms with Crippen LogP contribution in [0.2, 0.25) is 0 Å². The van der Waals surface area contributed by atoms with Gasteiger partial charge >= 0.3 is 5.97 Å². The summed E-state index contributed by atoms with van der Waals surface area (Å²) in [5.74, 6) is 0.628. The number of Topliss-reactive ketones (excluding diaryl/α,β-unsaturated/α-hetero) is 1. The Kier molecular flexibility index (Phi) is 7.83. The Balaban J connectivity index is 1.38. The van der Waals surface area contributed by atoms with E-state index >= 15 is 0 Å². The number of rotatable bonds is 10. The summed E-state index contributed by atoms with van der Waals surface area (Å²) >= 11 is 0. The number of benzene rings is 1. The number of hydrogen-bond donors (Lipinski definition) is 2. The van der Waals surface area contributed by atoms with E-state index in [0.717, 1.165) is 30.5 Å². The van der Waals surface area contributed by atoms with E-state index in [4.69, 9.17) is 0 Å². The number of carboxylic acid groups (broad SMARTS) is 1. The number of unbranched alkanes of at least 4 members (excludes halogenated alkanes) is 2. The molecular weight excluding hydrogens is 428 g/mol. The van der Waals surface area contributed by atoms with Gasteiger partial charge in [-0.25, -0.2) is 9.78 Å². The molecule has 0 spiro atoms. The third-order valence-electron chi connectivity index (χ3n) is 6.76. The maximum atomic E-state index is 13.0. The van der Waals surface area contributed by atoms with Crippen LogP contribution in [0.25, 0.3) is 11.1 Å². The predicted molar refractivity (Wildman–Crippen MR) is 130 cm³/mol. The predicted octanol–water partition coefficient (Wildman–Crippen LogP) is 5.73. The molecule has 34 heavy (non-hydrogen) atoms. The summed E-state index contributed by atoms with van der Waals surface area (Å²) in [5.41, 5.74) is 2.37.